The van der Waals surface area contributed by atoms with Crippen LogP contribution < -0.4 is 9.47 Å². The zero-order valence-electron chi connectivity index (χ0n) is 16.4. The van der Waals surface area contributed by atoms with Crippen LogP contribution in [0.25, 0.3) is 0 Å². The second kappa shape index (κ2) is 5.53. The molecule has 5 aliphatic rings. The maximum absolute atomic E-state index is 13.1. The Morgan fingerprint density at radius 1 is 1.36 bits per heavy atom. The molecule has 0 radical (unpaired) electrons. The Hall–Kier alpha value is -2.01. The maximum atomic E-state index is 13.1. The fraction of sp³-hybridized carbons (Fsp3) is 0.609. The van der Waals surface area contributed by atoms with Crippen LogP contribution in [0.3, 0.4) is 0 Å². The van der Waals surface area contributed by atoms with Crippen molar-refractivity contribution in [3.8, 4) is 11.5 Å². The highest BCUT2D eigenvalue weighted by Gasteiger charge is 2.75. The van der Waals surface area contributed by atoms with Gasteiger partial charge < -0.3 is 14.2 Å². The Morgan fingerprint density at radius 3 is 2.96 bits per heavy atom. The lowest BCUT2D eigenvalue weighted by Crippen LogP contribution is -2.77. The number of likely N-dealkylation sites (tertiary alicyclic amines) is 1. The van der Waals surface area contributed by atoms with Gasteiger partial charge in [-0.3, -0.25) is 9.69 Å². The number of hydrogen-bond acceptors (Lipinski definition) is 5. The number of carbonyl (C=O) groups is 1. The van der Waals surface area contributed by atoms with Gasteiger partial charge in [-0.25, -0.2) is 0 Å². The van der Waals surface area contributed by atoms with Gasteiger partial charge in [0.05, 0.1) is 24.8 Å². The van der Waals surface area contributed by atoms with Crippen molar-refractivity contribution in [2.45, 2.75) is 61.7 Å². The first-order valence-electron chi connectivity index (χ1n) is 10.6. The standard InChI is InChI=1S/C23H27NO4/c1-3-27-23-9-8-16(25)21-22(23)10-11-24(13-14-4-5-14)18(23)12-15-6-7-17(26-2)20(28-21)19(15)22/h3,6-7,14,18,21H,1,4-5,8-13H2,2H3/t18-,21+,22+,23-/m1/s1. The molecule has 1 aromatic rings. The van der Waals surface area contributed by atoms with E-state index in [0.29, 0.717) is 6.42 Å². The molecular formula is C23H27NO4. The van der Waals surface area contributed by atoms with E-state index in [2.05, 4.69) is 17.5 Å². The molecule has 2 saturated carbocycles. The van der Waals surface area contributed by atoms with Gasteiger partial charge in [0, 0.05) is 18.5 Å². The highest BCUT2D eigenvalue weighted by molar-refractivity contribution is 5.90. The van der Waals surface area contributed by atoms with Gasteiger partial charge >= 0.3 is 0 Å². The zero-order valence-corrected chi connectivity index (χ0v) is 16.4. The number of ketones is 1. The van der Waals surface area contributed by atoms with Crippen LogP contribution in [-0.2, 0) is 21.4 Å². The molecule has 0 aromatic heterocycles. The largest absolute Gasteiger partial charge is 0.493 e. The Kier molecular flexibility index (Phi) is 3.34. The number of carbonyl (C=O) groups excluding carboxylic acids is 1. The van der Waals surface area contributed by atoms with Crippen LogP contribution >= 0.6 is 0 Å². The summed E-state index contributed by atoms with van der Waals surface area (Å²) in [5.41, 5.74) is 1.58. The van der Waals surface area contributed by atoms with E-state index in [-0.39, 0.29) is 11.8 Å². The first-order valence-corrected chi connectivity index (χ1v) is 10.6. The van der Waals surface area contributed by atoms with Crippen molar-refractivity contribution in [1.29, 1.82) is 0 Å². The smallest absolute Gasteiger partial charge is 0.174 e. The van der Waals surface area contributed by atoms with Crippen molar-refractivity contribution < 1.29 is 19.0 Å². The number of nitrogens with zero attached hydrogens (tertiary/aromatic N) is 1. The monoisotopic (exact) mass is 381 g/mol. The molecule has 148 valence electrons. The third-order valence-corrected chi connectivity index (χ3v) is 8.02. The minimum absolute atomic E-state index is 0.198. The van der Waals surface area contributed by atoms with Crippen LogP contribution in [0.4, 0.5) is 0 Å². The summed E-state index contributed by atoms with van der Waals surface area (Å²) in [5, 5.41) is 0. The van der Waals surface area contributed by atoms with E-state index in [9.17, 15) is 4.79 Å². The summed E-state index contributed by atoms with van der Waals surface area (Å²) in [6, 6.07) is 4.43. The Bertz CT molecular complexity index is 878. The van der Waals surface area contributed by atoms with Gasteiger partial charge in [0.25, 0.3) is 0 Å². The highest BCUT2D eigenvalue weighted by atomic mass is 16.5. The van der Waals surface area contributed by atoms with E-state index in [1.165, 1.54) is 24.0 Å². The van der Waals surface area contributed by atoms with E-state index < -0.39 is 17.1 Å². The van der Waals surface area contributed by atoms with Gasteiger partial charge in [-0.05, 0) is 56.2 Å². The molecule has 4 atom stereocenters. The summed E-state index contributed by atoms with van der Waals surface area (Å²) in [6.07, 6.45) is 6.85. The molecule has 6 rings (SSSR count). The van der Waals surface area contributed by atoms with Crippen molar-refractivity contribution in [3.05, 3.63) is 36.1 Å². The molecule has 0 N–H and O–H groups in total. The summed E-state index contributed by atoms with van der Waals surface area (Å²) in [7, 11) is 1.67. The van der Waals surface area contributed by atoms with Gasteiger partial charge in [0.1, 0.15) is 5.60 Å². The van der Waals surface area contributed by atoms with Crippen LogP contribution in [0.1, 0.15) is 43.2 Å². The van der Waals surface area contributed by atoms with Gasteiger partial charge in [0.2, 0.25) is 0 Å². The molecule has 1 saturated heterocycles. The van der Waals surface area contributed by atoms with Gasteiger partial charge in [-0.1, -0.05) is 12.6 Å². The first kappa shape index (κ1) is 16.9. The first-order chi connectivity index (χ1) is 13.6. The van der Waals surface area contributed by atoms with Gasteiger partial charge in [-0.2, -0.15) is 0 Å². The van der Waals surface area contributed by atoms with E-state index in [1.807, 2.05) is 6.07 Å². The number of ether oxygens (including phenoxy) is 3. The number of methoxy groups -OCH3 is 1. The van der Waals surface area contributed by atoms with Gasteiger partial charge in [0.15, 0.2) is 23.4 Å². The Morgan fingerprint density at radius 2 is 2.21 bits per heavy atom. The molecule has 0 unspecified atom stereocenters. The van der Waals surface area contributed by atoms with E-state index >= 15 is 0 Å². The molecule has 1 spiro atoms. The number of rotatable bonds is 5. The predicted molar refractivity (Wildman–Crippen MR) is 104 cm³/mol. The molecule has 5 nitrogen and oxygen atoms in total. The van der Waals surface area contributed by atoms with Crippen molar-refractivity contribution in [1.82, 2.24) is 4.90 Å². The van der Waals surface area contributed by atoms with E-state index in [1.54, 1.807) is 13.4 Å². The van der Waals surface area contributed by atoms with Crippen LogP contribution in [-0.4, -0.2) is 48.6 Å². The van der Waals surface area contributed by atoms with Crippen LogP contribution in [0.5, 0.6) is 11.5 Å². The topological polar surface area (TPSA) is 48.0 Å². The molecule has 28 heavy (non-hydrogen) atoms. The minimum Gasteiger partial charge on any atom is -0.493 e. The second-order valence-electron chi connectivity index (χ2n) is 9.15. The molecule has 3 fully saturated rings. The lowest BCUT2D eigenvalue weighted by Gasteiger charge is -2.63. The fourth-order valence-electron chi connectivity index (χ4n) is 6.77. The molecule has 2 aliphatic heterocycles. The Balaban J connectivity index is 1.60. The average molecular weight is 381 g/mol. The summed E-state index contributed by atoms with van der Waals surface area (Å²) >= 11 is 0. The summed E-state index contributed by atoms with van der Waals surface area (Å²) in [4.78, 5) is 15.7. The summed E-state index contributed by atoms with van der Waals surface area (Å²) in [6.45, 7) is 6.05. The van der Waals surface area contributed by atoms with E-state index in [4.69, 9.17) is 14.2 Å². The fourth-order valence-corrected chi connectivity index (χ4v) is 6.77. The van der Waals surface area contributed by atoms with Crippen LogP contribution in [0, 0.1) is 5.92 Å². The molecule has 1 aromatic carbocycles. The van der Waals surface area contributed by atoms with Crippen molar-refractivity contribution in [3.63, 3.8) is 0 Å². The number of Topliss-reactive ketones (excluding diaryl/α,β-unsaturated/α-hetero) is 1. The zero-order chi connectivity index (χ0) is 19.1. The predicted octanol–water partition coefficient (Wildman–Crippen LogP) is 3.00. The normalized spacial score (nSPS) is 37.8. The molecule has 3 aliphatic carbocycles. The quantitative estimate of drug-likeness (QED) is 0.734. The van der Waals surface area contributed by atoms with Crippen LogP contribution in [0.2, 0.25) is 0 Å². The van der Waals surface area contributed by atoms with E-state index in [0.717, 1.165) is 49.8 Å². The summed E-state index contributed by atoms with van der Waals surface area (Å²) < 4.78 is 18.5. The van der Waals surface area contributed by atoms with Crippen molar-refractivity contribution in [2.75, 3.05) is 20.2 Å². The summed E-state index contributed by atoms with van der Waals surface area (Å²) in [5.74, 6) is 2.51. The number of benzene rings is 1. The molecular weight excluding hydrogens is 354 g/mol. The second-order valence-corrected chi connectivity index (χ2v) is 9.15. The average Bonchev–Trinajstić information content (AvgIpc) is 3.44. The SMILES string of the molecule is C=CO[C@@]12CCC(=O)[C@@H]3Oc4c(OC)ccc5c4[C@@]31CCN(CC1CC1)[C@@H]2C5. The molecule has 2 bridgehead atoms. The third kappa shape index (κ3) is 1.84. The molecule has 0 amide bonds. The van der Waals surface area contributed by atoms with Crippen molar-refractivity contribution >= 4 is 5.78 Å². The third-order valence-electron chi connectivity index (χ3n) is 8.02. The minimum atomic E-state index is -0.475. The molecule has 5 heteroatoms. The van der Waals surface area contributed by atoms with Gasteiger partial charge in [-0.15, -0.1) is 0 Å². The highest BCUT2D eigenvalue weighted by Crippen LogP contribution is 2.66. The maximum Gasteiger partial charge on any atom is 0.174 e. The lowest BCUT2D eigenvalue weighted by molar-refractivity contribution is -0.191. The number of hydrogen-bond donors (Lipinski definition) is 0. The number of piperidine rings is 1. The lowest BCUT2D eigenvalue weighted by atomic mass is 9.48. The van der Waals surface area contributed by atoms with Crippen LogP contribution in [0.15, 0.2) is 25.0 Å². The van der Waals surface area contributed by atoms with Crippen molar-refractivity contribution in [2.24, 2.45) is 5.92 Å². The molecule has 2 heterocycles. The Labute approximate surface area is 165 Å².